The minimum Gasteiger partial charge on any atom is -0.368 e. The second-order valence-corrected chi connectivity index (χ2v) is 9.56. The largest absolute Gasteiger partial charge is 0.368 e. The van der Waals surface area contributed by atoms with Gasteiger partial charge < -0.3 is 11.1 Å². The van der Waals surface area contributed by atoms with Crippen molar-refractivity contribution < 1.29 is 4.79 Å². The molecule has 1 amide bonds. The number of fused-ring (bicyclic) bond motifs is 1. The molecule has 142 valence electrons. The molecule has 0 radical (unpaired) electrons. The summed E-state index contributed by atoms with van der Waals surface area (Å²) in [5.41, 5.74) is 6.57. The number of carbonyl (C=O) groups excluding carboxylic acids is 1. The van der Waals surface area contributed by atoms with E-state index in [-0.39, 0.29) is 11.8 Å². The molecule has 0 aromatic heterocycles. The molecule has 3 heterocycles. The molecule has 6 heteroatoms. The van der Waals surface area contributed by atoms with E-state index in [0.717, 1.165) is 32.5 Å². The van der Waals surface area contributed by atoms with Gasteiger partial charge in [-0.15, -0.1) is 0 Å². The average Bonchev–Trinajstić information content (AvgIpc) is 2.87. The number of benzene rings is 1. The van der Waals surface area contributed by atoms with Gasteiger partial charge in [-0.2, -0.15) is 0 Å². The van der Waals surface area contributed by atoms with Crippen molar-refractivity contribution >= 4 is 29.1 Å². The first-order valence-corrected chi connectivity index (χ1v) is 10.3. The number of nitrogens with two attached hydrogens (primary N) is 1. The van der Waals surface area contributed by atoms with Crippen LogP contribution < -0.4 is 11.1 Å². The summed E-state index contributed by atoms with van der Waals surface area (Å²) in [7, 11) is 0. The van der Waals surface area contributed by atoms with Crippen molar-refractivity contribution in [2.45, 2.75) is 44.8 Å². The molecule has 3 N–H and O–H groups in total. The Balaban J connectivity index is 1.65. The predicted octanol–water partition coefficient (Wildman–Crippen LogP) is 3.30. The second kappa shape index (κ2) is 6.66. The van der Waals surface area contributed by atoms with Gasteiger partial charge in [-0.25, -0.2) is 0 Å². The number of halogens is 2. The molecule has 1 saturated carbocycles. The molecule has 0 spiro atoms. The molecule has 4 nitrogen and oxygen atoms in total. The number of hydrogen-bond donors (Lipinski definition) is 2. The highest BCUT2D eigenvalue weighted by molar-refractivity contribution is 6.42. The van der Waals surface area contributed by atoms with Crippen molar-refractivity contribution in [3.8, 4) is 0 Å². The van der Waals surface area contributed by atoms with Crippen LogP contribution in [0, 0.1) is 23.7 Å². The monoisotopic (exact) mass is 395 g/mol. The van der Waals surface area contributed by atoms with Gasteiger partial charge in [-0.05, 0) is 48.3 Å². The Morgan fingerprint density at radius 2 is 2.15 bits per heavy atom. The summed E-state index contributed by atoms with van der Waals surface area (Å²) in [6, 6.07) is 6.28. The van der Waals surface area contributed by atoms with Crippen LogP contribution in [0.3, 0.4) is 0 Å². The summed E-state index contributed by atoms with van der Waals surface area (Å²) < 4.78 is 0. The quantitative estimate of drug-likeness (QED) is 0.803. The van der Waals surface area contributed by atoms with Crippen LogP contribution in [-0.4, -0.2) is 35.5 Å². The van der Waals surface area contributed by atoms with Crippen LogP contribution in [0.1, 0.15) is 32.3 Å². The number of likely N-dealkylation sites (tertiary alicyclic amines) is 1. The maximum absolute atomic E-state index is 12.5. The molecular formula is C20H27Cl2N3O. The third-order valence-corrected chi connectivity index (χ3v) is 7.49. The fourth-order valence-electron chi connectivity index (χ4n) is 5.79. The van der Waals surface area contributed by atoms with Gasteiger partial charge in [0.1, 0.15) is 5.54 Å². The molecule has 5 rings (SSSR count). The summed E-state index contributed by atoms with van der Waals surface area (Å²) >= 11 is 12.3. The fourth-order valence-corrected chi connectivity index (χ4v) is 6.11. The van der Waals surface area contributed by atoms with Gasteiger partial charge in [0.2, 0.25) is 5.91 Å². The summed E-state index contributed by atoms with van der Waals surface area (Å²) in [5.74, 6) is 1.76. The number of carbonyl (C=O) groups is 1. The predicted molar refractivity (Wildman–Crippen MR) is 105 cm³/mol. The van der Waals surface area contributed by atoms with E-state index in [0.29, 0.717) is 33.8 Å². The zero-order valence-electron chi connectivity index (χ0n) is 15.3. The zero-order valence-corrected chi connectivity index (χ0v) is 16.9. The highest BCUT2D eigenvalue weighted by Gasteiger charge is 2.64. The van der Waals surface area contributed by atoms with Crippen LogP contribution in [0.25, 0.3) is 0 Å². The number of nitrogens with one attached hydrogen (secondary N) is 1. The van der Waals surface area contributed by atoms with Crippen LogP contribution in [0.15, 0.2) is 18.2 Å². The molecule has 3 saturated heterocycles. The molecule has 3 aliphatic heterocycles. The van der Waals surface area contributed by atoms with Crippen LogP contribution in [0.5, 0.6) is 0 Å². The summed E-state index contributed by atoms with van der Waals surface area (Å²) in [6.07, 6.45) is 1.89. The third kappa shape index (κ3) is 2.86. The Hall–Kier alpha value is -0.810. The average molecular weight is 396 g/mol. The minimum absolute atomic E-state index is 0.173. The number of rotatable bonds is 5. The van der Waals surface area contributed by atoms with Crippen molar-refractivity contribution in [3.63, 3.8) is 0 Å². The summed E-state index contributed by atoms with van der Waals surface area (Å²) in [6.45, 7) is 7.23. The van der Waals surface area contributed by atoms with Crippen molar-refractivity contribution in [2.75, 3.05) is 13.1 Å². The highest BCUT2D eigenvalue weighted by Crippen LogP contribution is 2.53. The van der Waals surface area contributed by atoms with E-state index in [1.165, 1.54) is 5.56 Å². The summed E-state index contributed by atoms with van der Waals surface area (Å²) in [4.78, 5) is 15.1. The Morgan fingerprint density at radius 1 is 1.38 bits per heavy atom. The lowest BCUT2D eigenvalue weighted by Gasteiger charge is -2.56. The van der Waals surface area contributed by atoms with Gasteiger partial charge >= 0.3 is 0 Å². The van der Waals surface area contributed by atoms with Gasteiger partial charge in [0.25, 0.3) is 0 Å². The van der Waals surface area contributed by atoms with Crippen LogP contribution in [-0.2, 0) is 11.3 Å². The smallest absolute Gasteiger partial charge is 0.238 e. The first-order chi connectivity index (χ1) is 12.3. The van der Waals surface area contributed by atoms with Crippen LogP contribution in [0.4, 0.5) is 0 Å². The molecule has 26 heavy (non-hydrogen) atoms. The number of amides is 1. The van der Waals surface area contributed by atoms with E-state index < -0.39 is 5.54 Å². The van der Waals surface area contributed by atoms with Gasteiger partial charge in [0.15, 0.2) is 0 Å². The molecule has 5 unspecified atom stereocenters. The van der Waals surface area contributed by atoms with Gasteiger partial charge in [-0.1, -0.05) is 43.1 Å². The molecule has 1 aromatic rings. The van der Waals surface area contributed by atoms with Crippen molar-refractivity contribution in [3.05, 3.63) is 33.8 Å². The SMILES string of the molecule is CC(C)CC1C2C3CNC1(C(N)=O)CC3CN2Cc1ccc(Cl)c(Cl)c1. The Bertz CT molecular complexity index is 725. The normalized spacial score (nSPS) is 36.0. The van der Waals surface area contributed by atoms with E-state index in [9.17, 15) is 4.79 Å². The molecule has 4 bridgehead atoms. The number of piperidine rings is 2. The highest BCUT2D eigenvalue weighted by atomic mass is 35.5. The fraction of sp³-hybridized carbons (Fsp3) is 0.650. The van der Waals surface area contributed by atoms with Crippen molar-refractivity contribution in [1.29, 1.82) is 0 Å². The number of hydrogen-bond acceptors (Lipinski definition) is 3. The Kier molecular flexibility index (Phi) is 4.75. The number of primary amides is 1. The van der Waals surface area contributed by atoms with E-state index >= 15 is 0 Å². The van der Waals surface area contributed by atoms with Gasteiger partial charge in [-0.3, -0.25) is 9.69 Å². The lowest BCUT2D eigenvalue weighted by atomic mass is 9.58. The lowest BCUT2D eigenvalue weighted by molar-refractivity contribution is -0.135. The van der Waals surface area contributed by atoms with E-state index in [1.54, 1.807) is 0 Å². The molecule has 1 aromatic carbocycles. The van der Waals surface area contributed by atoms with Gasteiger partial charge in [0, 0.05) is 31.6 Å². The standard InChI is InChI=1S/C20H27Cl2N3O/c1-11(2)5-15-18-14-8-24-20(15,19(23)26)7-13(14)10-25(18)9-12-3-4-16(21)17(22)6-12/h3-4,6,11,13-15,18,24H,5,7-10H2,1-2H3,(H2,23,26). The Morgan fingerprint density at radius 3 is 2.81 bits per heavy atom. The maximum atomic E-state index is 12.5. The molecule has 5 atom stereocenters. The Labute approximate surface area is 165 Å². The van der Waals surface area contributed by atoms with Crippen LogP contribution >= 0.6 is 23.2 Å². The van der Waals surface area contributed by atoms with Crippen LogP contribution in [0.2, 0.25) is 10.0 Å². The van der Waals surface area contributed by atoms with E-state index in [2.05, 4.69) is 24.1 Å². The third-order valence-electron chi connectivity index (χ3n) is 6.75. The maximum Gasteiger partial charge on any atom is 0.238 e. The van der Waals surface area contributed by atoms with Crippen molar-refractivity contribution in [2.24, 2.45) is 29.4 Å². The molecule has 4 fully saturated rings. The minimum atomic E-state index is -0.541. The zero-order chi connectivity index (χ0) is 18.6. The second-order valence-electron chi connectivity index (χ2n) is 8.75. The number of nitrogens with zero attached hydrogens (tertiary/aromatic N) is 1. The molecule has 1 aliphatic carbocycles. The summed E-state index contributed by atoms with van der Waals surface area (Å²) in [5, 5.41) is 4.74. The topological polar surface area (TPSA) is 58.4 Å². The van der Waals surface area contributed by atoms with E-state index in [4.69, 9.17) is 28.9 Å². The lowest BCUT2D eigenvalue weighted by Crippen LogP contribution is -2.73. The first kappa shape index (κ1) is 18.5. The molecular weight excluding hydrogens is 369 g/mol. The van der Waals surface area contributed by atoms with Crippen molar-refractivity contribution in [1.82, 2.24) is 10.2 Å². The first-order valence-electron chi connectivity index (χ1n) is 9.54. The molecule has 4 aliphatic rings. The van der Waals surface area contributed by atoms with Gasteiger partial charge in [0.05, 0.1) is 10.0 Å². The van der Waals surface area contributed by atoms with E-state index in [1.807, 2.05) is 18.2 Å².